The molecule has 0 spiro atoms. The normalized spacial score (nSPS) is 23.7. The van der Waals surface area contributed by atoms with E-state index in [1.165, 1.54) is 35.8 Å². The molecule has 1 nitrogen and oxygen atoms in total. The van der Waals surface area contributed by atoms with Crippen LogP contribution in [0.2, 0.25) is 0 Å². The Labute approximate surface area is 94.2 Å². The van der Waals surface area contributed by atoms with E-state index in [4.69, 9.17) is 0 Å². The van der Waals surface area contributed by atoms with Gasteiger partial charge in [-0.25, -0.2) is 0 Å². The third-order valence-corrected chi connectivity index (χ3v) is 3.76. The predicted molar refractivity (Wildman–Crippen MR) is 63.4 cm³/mol. The van der Waals surface area contributed by atoms with Gasteiger partial charge in [-0.1, -0.05) is 40.5 Å². The Hall–Kier alpha value is -0.340. The molecule has 0 saturated carbocycles. The molecule has 1 aromatic rings. The van der Waals surface area contributed by atoms with Crippen molar-refractivity contribution in [3.63, 3.8) is 0 Å². The van der Waals surface area contributed by atoms with Crippen molar-refractivity contribution in [2.45, 2.75) is 25.3 Å². The van der Waals surface area contributed by atoms with Crippen molar-refractivity contribution in [3.8, 4) is 0 Å². The molecule has 1 atom stereocenters. The zero-order chi connectivity index (χ0) is 9.97. The van der Waals surface area contributed by atoms with Gasteiger partial charge in [-0.15, -0.1) is 0 Å². The molecule has 2 rings (SSSR count). The Bertz CT molecular complexity index is 311. The van der Waals surface area contributed by atoms with Gasteiger partial charge in [-0.2, -0.15) is 0 Å². The van der Waals surface area contributed by atoms with Crippen LogP contribution in [-0.4, -0.2) is 18.5 Å². The van der Waals surface area contributed by atoms with Crippen molar-refractivity contribution in [1.82, 2.24) is 4.90 Å². The van der Waals surface area contributed by atoms with Crippen molar-refractivity contribution in [2.24, 2.45) is 0 Å². The molecule has 76 valence electrons. The highest BCUT2D eigenvalue weighted by atomic mass is 79.9. The van der Waals surface area contributed by atoms with Crippen LogP contribution in [0, 0.1) is 0 Å². The van der Waals surface area contributed by atoms with Gasteiger partial charge in [0.15, 0.2) is 0 Å². The summed E-state index contributed by atoms with van der Waals surface area (Å²) in [7, 11) is 2.23. The van der Waals surface area contributed by atoms with Gasteiger partial charge in [0.05, 0.1) is 0 Å². The largest absolute Gasteiger partial charge is 0.299 e. The fourth-order valence-electron chi connectivity index (χ4n) is 2.21. The van der Waals surface area contributed by atoms with Gasteiger partial charge >= 0.3 is 0 Å². The Balaban J connectivity index is 2.25. The molecule has 1 saturated heterocycles. The maximum absolute atomic E-state index is 3.63. The van der Waals surface area contributed by atoms with E-state index >= 15 is 0 Å². The van der Waals surface area contributed by atoms with Crippen LogP contribution in [0.4, 0.5) is 0 Å². The van der Waals surface area contributed by atoms with E-state index in [9.17, 15) is 0 Å². The number of halogens is 1. The molecule has 0 bridgehead atoms. The Morgan fingerprint density at radius 3 is 2.79 bits per heavy atom. The highest BCUT2D eigenvalue weighted by molar-refractivity contribution is 9.10. The molecular formula is C12H16BrN. The number of likely N-dealkylation sites (tertiary alicyclic amines) is 1. The van der Waals surface area contributed by atoms with Crippen molar-refractivity contribution in [2.75, 3.05) is 13.6 Å². The van der Waals surface area contributed by atoms with Crippen LogP contribution in [0.15, 0.2) is 28.7 Å². The van der Waals surface area contributed by atoms with E-state index in [1.807, 2.05) is 0 Å². The second-order valence-corrected chi connectivity index (χ2v) is 4.87. The fraction of sp³-hybridized carbons (Fsp3) is 0.500. The lowest BCUT2D eigenvalue weighted by molar-refractivity contribution is 0.187. The van der Waals surface area contributed by atoms with E-state index in [1.54, 1.807) is 0 Å². The molecule has 2 heteroatoms. The molecule has 1 aromatic carbocycles. The predicted octanol–water partition coefficient (Wildman–Crippen LogP) is 3.61. The Morgan fingerprint density at radius 2 is 2.07 bits per heavy atom. The SMILES string of the molecule is CN1CCCCC1c1ccccc1Br. The molecule has 1 aliphatic heterocycles. The van der Waals surface area contributed by atoms with Gasteiger partial charge < -0.3 is 0 Å². The molecule has 1 fully saturated rings. The topological polar surface area (TPSA) is 3.24 Å². The van der Waals surface area contributed by atoms with E-state index in [2.05, 4.69) is 52.1 Å². The molecular weight excluding hydrogens is 238 g/mol. The number of piperidine rings is 1. The molecule has 0 aliphatic carbocycles. The summed E-state index contributed by atoms with van der Waals surface area (Å²) in [4.78, 5) is 2.46. The first-order valence-corrected chi connectivity index (χ1v) is 6.03. The van der Waals surface area contributed by atoms with Gasteiger partial charge in [-0.3, -0.25) is 4.90 Å². The lowest BCUT2D eigenvalue weighted by Gasteiger charge is -2.33. The molecule has 14 heavy (non-hydrogen) atoms. The van der Waals surface area contributed by atoms with Gasteiger partial charge in [-0.05, 0) is 38.1 Å². The highest BCUT2D eigenvalue weighted by Crippen LogP contribution is 2.33. The second kappa shape index (κ2) is 4.45. The average molecular weight is 254 g/mol. The summed E-state index contributed by atoms with van der Waals surface area (Å²) in [5.41, 5.74) is 1.44. The lowest BCUT2D eigenvalue weighted by Crippen LogP contribution is -2.29. The first-order chi connectivity index (χ1) is 6.79. The smallest absolute Gasteiger partial charge is 0.0356 e. The summed E-state index contributed by atoms with van der Waals surface area (Å²) in [6, 6.07) is 9.19. The monoisotopic (exact) mass is 253 g/mol. The summed E-state index contributed by atoms with van der Waals surface area (Å²) in [6.07, 6.45) is 3.99. The molecule has 0 amide bonds. The van der Waals surface area contributed by atoms with E-state index in [0.29, 0.717) is 6.04 Å². The summed E-state index contributed by atoms with van der Waals surface area (Å²) < 4.78 is 1.25. The third kappa shape index (κ3) is 2.01. The molecule has 1 heterocycles. The minimum atomic E-state index is 0.610. The summed E-state index contributed by atoms with van der Waals surface area (Å²) in [5, 5.41) is 0. The fourth-order valence-corrected chi connectivity index (χ4v) is 2.76. The number of benzene rings is 1. The Kier molecular flexibility index (Phi) is 3.24. The van der Waals surface area contributed by atoms with Crippen molar-refractivity contribution in [3.05, 3.63) is 34.3 Å². The van der Waals surface area contributed by atoms with E-state index in [-0.39, 0.29) is 0 Å². The van der Waals surface area contributed by atoms with E-state index < -0.39 is 0 Å². The van der Waals surface area contributed by atoms with E-state index in [0.717, 1.165) is 0 Å². The first-order valence-electron chi connectivity index (χ1n) is 5.23. The maximum Gasteiger partial charge on any atom is 0.0356 e. The van der Waals surface area contributed by atoms with Crippen molar-refractivity contribution >= 4 is 15.9 Å². The van der Waals surface area contributed by atoms with Crippen LogP contribution in [0.1, 0.15) is 30.9 Å². The summed E-state index contributed by atoms with van der Waals surface area (Å²) in [5.74, 6) is 0. The number of nitrogens with zero attached hydrogens (tertiary/aromatic N) is 1. The zero-order valence-corrected chi connectivity index (χ0v) is 10.1. The lowest BCUT2D eigenvalue weighted by atomic mass is 9.96. The quantitative estimate of drug-likeness (QED) is 0.740. The van der Waals surface area contributed by atoms with Gasteiger partial charge in [0.25, 0.3) is 0 Å². The minimum absolute atomic E-state index is 0.610. The van der Waals surface area contributed by atoms with Crippen LogP contribution in [0.25, 0.3) is 0 Å². The first kappa shape index (κ1) is 10.2. The average Bonchev–Trinajstić information content (AvgIpc) is 2.20. The molecule has 0 radical (unpaired) electrons. The summed E-state index contributed by atoms with van der Waals surface area (Å²) in [6.45, 7) is 1.23. The van der Waals surface area contributed by atoms with Crippen LogP contribution >= 0.6 is 15.9 Å². The van der Waals surface area contributed by atoms with Gasteiger partial charge in [0.1, 0.15) is 0 Å². The van der Waals surface area contributed by atoms with Gasteiger partial charge in [0.2, 0.25) is 0 Å². The number of hydrogen-bond donors (Lipinski definition) is 0. The Morgan fingerprint density at radius 1 is 1.29 bits per heavy atom. The maximum atomic E-state index is 3.63. The van der Waals surface area contributed by atoms with Crippen molar-refractivity contribution < 1.29 is 0 Å². The van der Waals surface area contributed by atoms with Crippen LogP contribution in [-0.2, 0) is 0 Å². The standard InChI is InChI=1S/C12H16BrN/c1-14-9-5-4-8-12(14)10-6-2-3-7-11(10)13/h2-3,6-7,12H,4-5,8-9H2,1H3. The molecule has 1 aliphatic rings. The minimum Gasteiger partial charge on any atom is -0.299 e. The second-order valence-electron chi connectivity index (χ2n) is 4.01. The summed E-state index contributed by atoms with van der Waals surface area (Å²) >= 11 is 3.63. The highest BCUT2D eigenvalue weighted by Gasteiger charge is 2.21. The molecule has 0 N–H and O–H groups in total. The van der Waals surface area contributed by atoms with Crippen LogP contribution in [0.5, 0.6) is 0 Å². The zero-order valence-electron chi connectivity index (χ0n) is 8.54. The van der Waals surface area contributed by atoms with Gasteiger partial charge in [0, 0.05) is 10.5 Å². The molecule has 0 aromatic heterocycles. The van der Waals surface area contributed by atoms with Crippen LogP contribution in [0.3, 0.4) is 0 Å². The van der Waals surface area contributed by atoms with Crippen molar-refractivity contribution in [1.29, 1.82) is 0 Å². The number of hydrogen-bond acceptors (Lipinski definition) is 1. The molecule has 1 unspecified atom stereocenters. The van der Waals surface area contributed by atoms with Crippen LogP contribution < -0.4 is 0 Å². The third-order valence-electron chi connectivity index (χ3n) is 3.03. The number of rotatable bonds is 1.